The molecule has 4 nitrogen and oxygen atoms in total. The van der Waals surface area contributed by atoms with Gasteiger partial charge in [-0.15, -0.1) is 5.10 Å². The number of halogens is 1. The summed E-state index contributed by atoms with van der Waals surface area (Å²) in [7, 11) is 0. The van der Waals surface area contributed by atoms with E-state index < -0.39 is 0 Å². The standard InChI is InChI=1S/C12H13ClN4/c13-9-2-1-3-10(6-9)17-12(8-4-5-8)11(7-14)15-16-17/h1-3,6,8H,4-5,7,14H2. The lowest BCUT2D eigenvalue weighted by Gasteiger charge is -2.06. The highest BCUT2D eigenvalue weighted by molar-refractivity contribution is 6.30. The second-order valence-electron chi connectivity index (χ2n) is 4.29. The second kappa shape index (κ2) is 4.13. The van der Waals surface area contributed by atoms with E-state index in [9.17, 15) is 0 Å². The van der Waals surface area contributed by atoms with E-state index in [1.165, 1.54) is 12.8 Å². The molecule has 2 aromatic rings. The highest BCUT2D eigenvalue weighted by Gasteiger charge is 2.31. The van der Waals surface area contributed by atoms with Gasteiger partial charge in [0.25, 0.3) is 0 Å². The zero-order valence-corrected chi connectivity index (χ0v) is 10.1. The van der Waals surface area contributed by atoms with Crippen molar-refractivity contribution in [2.24, 2.45) is 5.73 Å². The van der Waals surface area contributed by atoms with Crippen LogP contribution in [0.5, 0.6) is 0 Å². The smallest absolute Gasteiger partial charge is 0.100 e. The minimum absolute atomic E-state index is 0.437. The molecule has 1 aromatic heterocycles. The predicted molar refractivity (Wildman–Crippen MR) is 66.2 cm³/mol. The zero-order valence-electron chi connectivity index (χ0n) is 9.31. The van der Waals surface area contributed by atoms with Gasteiger partial charge in [-0.1, -0.05) is 22.9 Å². The third kappa shape index (κ3) is 1.94. The maximum Gasteiger partial charge on any atom is 0.100 e. The number of rotatable bonds is 3. The van der Waals surface area contributed by atoms with Crippen LogP contribution in [0.25, 0.3) is 5.69 Å². The topological polar surface area (TPSA) is 56.7 Å². The molecule has 0 saturated heterocycles. The predicted octanol–water partition coefficient (Wildman–Crippen LogP) is 2.26. The maximum atomic E-state index is 6.00. The van der Waals surface area contributed by atoms with Crippen LogP contribution in [-0.2, 0) is 6.54 Å². The minimum Gasteiger partial charge on any atom is -0.325 e. The Kier molecular flexibility index (Phi) is 2.61. The molecule has 1 aromatic carbocycles. The number of nitrogens with zero attached hydrogens (tertiary/aromatic N) is 3. The van der Waals surface area contributed by atoms with Gasteiger partial charge in [-0.2, -0.15) is 0 Å². The molecular weight excluding hydrogens is 236 g/mol. The monoisotopic (exact) mass is 248 g/mol. The fraction of sp³-hybridized carbons (Fsp3) is 0.333. The zero-order chi connectivity index (χ0) is 11.8. The summed E-state index contributed by atoms with van der Waals surface area (Å²) < 4.78 is 1.87. The lowest BCUT2D eigenvalue weighted by atomic mass is 10.2. The van der Waals surface area contributed by atoms with E-state index >= 15 is 0 Å². The van der Waals surface area contributed by atoms with Gasteiger partial charge in [-0.3, -0.25) is 0 Å². The first kappa shape index (κ1) is 10.7. The van der Waals surface area contributed by atoms with Gasteiger partial charge in [-0.05, 0) is 31.0 Å². The third-order valence-electron chi connectivity index (χ3n) is 2.99. The molecule has 1 heterocycles. The Balaban J connectivity index is 2.11. The minimum atomic E-state index is 0.437. The molecule has 88 valence electrons. The Hall–Kier alpha value is -1.39. The van der Waals surface area contributed by atoms with E-state index in [0.717, 1.165) is 17.1 Å². The molecule has 1 aliphatic rings. The molecule has 2 N–H and O–H groups in total. The molecule has 1 saturated carbocycles. The molecule has 0 atom stereocenters. The molecule has 0 unspecified atom stereocenters. The van der Waals surface area contributed by atoms with Crippen molar-refractivity contribution < 1.29 is 0 Å². The van der Waals surface area contributed by atoms with Gasteiger partial charge in [0.1, 0.15) is 5.69 Å². The van der Waals surface area contributed by atoms with E-state index in [2.05, 4.69) is 10.3 Å². The first-order valence-corrected chi connectivity index (χ1v) is 6.08. The van der Waals surface area contributed by atoms with E-state index in [1.54, 1.807) is 0 Å². The van der Waals surface area contributed by atoms with Crippen LogP contribution in [-0.4, -0.2) is 15.0 Å². The Labute approximate surface area is 104 Å². The van der Waals surface area contributed by atoms with Gasteiger partial charge in [-0.25, -0.2) is 4.68 Å². The Bertz CT molecular complexity index is 545. The summed E-state index contributed by atoms with van der Waals surface area (Å²) in [5.74, 6) is 0.558. The molecular formula is C12H13ClN4. The molecule has 0 radical (unpaired) electrons. The van der Waals surface area contributed by atoms with Crippen LogP contribution in [0.2, 0.25) is 5.02 Å². The summed E-state index contributed by atoms with van der Waals surface area (Å²) in [6.07, 6.45) is 2.39. The highest BCUT2D eigenvalue weighted by atomic mass is 35.5. The summed E-state index contributed by atoms with van der Waals surface area (Å²) in [4.78, 5) is 0. The summed E-state index contributed by atoms with van der Waals surface area (Å²) >= 11 is 6.00. The van der Waals surface area contributed by atoms with Crippen molar-refractivity contribution in [3.05, 3.63) is 40.7 Å². The average Bonchev–Trinajstić information content (AvgIpc) is 3.08. The number of nitrogens with two attached hydrogens (primary N) is 1. The second-order valence-corrected chi connectivity index (χ2v) is 4.73. The first-order chi connectivity index (χ1) is 8.29. The molecule has 17 heavy (non-hydrogen) atoms. The molecule has 1 fully saturated rings. The summed E-state index contributed by atoms with van der Waals surface area (Å²) in [6.45, 7) is 0.437. The Morgan fingerprint density at radius 3 is 2.88 bits per heavy atom. The Morgan fingerprint density at radius 2 is 2.24 bits per heavy atom. The van der Waals surface area contributed by atoms with Gasteiger partial charge in [0.15, 0.2) is 0 Å². The van der Waals surface area contributed by atoms with Crippen LogP contribution in [0.3, 0.4) is 0 Å². The number of hydrogen-bond acceptors (Lipinski definition) is 3. The fourth-order valence-corrected chi connectivity index (χ4v) is 2.21. The lowest BCUT2D eigenvalue weighted by molar-refractivity contribution is 0.763. The van der Waals surface area contributed by atoms with E-state index in [0.29, 0.717) is 17.5 Å². The molecule has 3 rings (SSSR count). The number of hydrogen-bond donors (Lipinski definition) is 1. The van der Waals surface area contributed by atoms with Crippen LogP contribution < -0.4 is 5.73 Å². The van der Waals surface area contributed by atoms with Crippen LogP contribution in [0, 0.1) is 0 Å². The largest absolute Gasteiger partial charge is 0.325 e. The summed E-state index contributed by atoms with van der Waals surface area (Å²) in [5, 5.41) is 9.04. The summed E-state index contributed by atoms with van der Waals surface area (Å²) in [6, 6.07) is 7.63. The quantitative estimate of drug-likeness (QED) is 0.907. The van der Waals surface area contributed by atoms with Crippen molar-refractivity contribution in [3.8, 4) is 5.69 Å². The fourth-order valence-electron chi connectivity index (χ4n) is 2.03. The SMILES string of the molecule is NCc1nnn(-c2cccc(Cl)c2)c1C1CC1. The number of aromatic nitrogens is 3. The third-order valence-corrected chi connectivity index (χ3v) is 3.22. The van der Waals surface area contributed by atoms with Crippen LogP contribution in [0.1, 0.15) is 30.1 Å². The molecule has 0 amide bonds. The van der Waals surface area contributed by atoms with Gasteiger partial charge >= 0.3 is 0 Å². The van der Waals surface area contributed by atoms with Crippen molar-refractivity contribution >= 4 is 11.6 Å². The van der Waals surface area contributed by atoms with Crippen molar-refractivity contribution in [3.63, 3.8) is 0 Å². The van der Waals surface area contributed by atoms with Gasteiger partial charge in [0.05, 0.1) is 11.4 Å². The van der Waals surface area contributed by atoms with E-state index in [4.69, 9.17) is 17.3 Å². The maximum absolute atomic E-state index is 6.00. The lowest BCUT2D eigenvalue weighted by Crippen LogP contribution is -2.05. The normalized spacial score (nSPS) is 15.2. The average molecular weight is 249 g/mol. The van der Waals surface area contributed by atoms with Crippen LogP contribution in [0.15, 0.2) is 24.3 Å². The van der Waals surface area contributed by atoms with Crippen LogP contribution in [0.4, 0.5) is 0 Å². The van der Waals surface area contributed by atoms with Gasteiger partial charge < -0.3 is 5.73 Å². The van der Waals surface area contributed by atoms with E-state index in [-0.39, 0.29) is 0 Å². The summed E-state index contributed by atoms with van der Waals surface area (Å²) in [5.41, 5.74) is 8.69. The molecule has 0 aliphatic heterocycles. The van der Waals surface area contributed by atoms with Crippen molar-refractivity contribution in [1.29, 1.82) is 0 Å². The molecule has 5 heteroatoms. The van der Waals surface area contributed by atoms with E-state index in [1.807, 2.05) is 28.9 Å². The Morgan fingerprint density at radius 1 is 1.41 bits per heavy atom. The van der Waals surface area contributed by atoms with Crippen molar-refractivity contribution in [2.45, 2.75) is 25.3 Å². The van der Waals surface area contributed by atoms with Gasteiger partial charge in [0.2, 0.25) is 0 Å². The highest BCUT2D eigenvalue weighted by Crippen LogP contribution is 2.41. The van der Waals surface area contributed by atoms with Crippen LogP contribution >= 0.6 is 11.6 Å². The molecule has 0 spiro atoms. The first-order valence-electron chi connectivity index (χ1n) is 5.70. The van der Waals surface area contributed by atoms with Crippen molar-refractivity contribution in [2.75, 3.05) is 0 Å². The molecule has 1 aliphatic carbocycles. The van der Waals surface area contributed by atoms with Gasteiger partial charge in [0, 0.05) is 17.5 Å². The molecule has 0 bridgehead atoms. The van der Waals surface area contributed by atoms with Crippen molar-refractivity contribution in [1.82, 2.24) is 15.0 Å². The number of benzene rings is 1.